The monoisotopic (exact) mass is 199 g/mol. The molecule has 1 unspecified atom stereocenters. The standard InChI is InChI=1S/C11H21NO2/c1-3-11(13)5-4-6-12-7-8-14-10(2)9-12/h10H,3-9H2,1-2H3. The highest BCUT2D eigenvalue weighted by atomic mass is 16.5. The Kier molecular flexibility index (Phi) is 5.12. The summed E-state index contributed by atoms with van der Waals surface area (Å²) in [5.74, 6) is 0.381. The van der Waals surface area contributed by atoms with E-state index in [-0.39, 0.29) is 0 Å². The van der Waals surface area contributed by atoms with Gasteiger partial charge in [0, 0.05) is 25.9 Å². The van der Waals surface area contributed by atoms with Gasteiger partial charge < -0.3 is 4.74 Å². The smallest absolute Gasteiger partial charge is 0.132 e. The second kappa shape index (κ2) is 6.14. The van der Waals surface area contributed by atoms with Crippen molar-refractivity contribution >= 4 is 5.78 Å². The van der Waals surface area contributed by atoms with Crippen molar-refractivity contribution in [3.63, 3.8) is 0 Å². The van der Waals surface area contributed by atoms with Crippen molar-refractivity contribution in [3.8, 4) is 0 Å². The summed E-state index contributed by atoms with van der Waals surface area (Å²) in [7, 11) is 0. The fraction of sp³-hybridized carbons (Fsp3) is 0.909. The largest absolute Gasteiger partial charge is 0.376 e. The first-order valence-electron chi connectivity index (χ1n) is 5.58. The van der Waals surface area contributed by atoms with Crippen LogP contribution < -0.4 is 0 Å². The number of hydrogen-bond donors (Lipinski definition) is 0. The van der Waals surface area contributed by atoms with Crippen molar-refractivity contribution in [2.45, 2.75) is 39.2 Å². The number of ketones is 1. The van der Waals surface area contributed by atoms with Gasteiger partial charge in [0.25, 0.3) is 0 Å². The maximum atomic E-state index is 11.1. The Bertz CT molecular complexity index is 182. The minimum atomic E-state index is 0.352. The zero-order valence-electron chi connectivity index (χ0n) is 9.29. The van der Waals surface area contributed by atoms with E-state index in [2.05, 4.69) is 11.8 Å². The zero-order valence-corrected chi connectivity index (χ0v) is 9.29. The first-order valence-corrected chi connectivity index (χ1v) is 5.58. The molecule has 14 heavy (non-hydrogen) atoms. The molecule has 0 amide bonds. The Morgan fingerprint density at radius 3 is 3.00 bits per heavy atom. The molecule has 3 nitrogen and oxygen atoms in total. The topological polar surface area (TPSA) is 29.5 Å². The van der Waals surface area contributed by atoms with Crippen molar-refractivity contribution in [1.29, 1.82) is 0 Å². The first-order chi connectivity index (χ1) is 6.72. The molecule has 82 valence electrons. The van der Waals surface area contributed by atoms with Gasteiger partial charge in [0.2, 0.25) is 0 Å². The predicted molar refractivity (Wildman–Crippen MR) is 56.4 cm³/mol. The average molecular weight is 199 g/mol. The number of carbonyl (C=O) groups is 1. The molecule has 3 heteroatoms. The van der Waals surface area contributed by atoms with Gasteiger partial charge in [0.15, 0.2) is 0 Å². The van der Waals surface area contributed by atoms with Crippen LogP contribution in [-0.4, -0.2) is 43.0 Å². The lowest BCUT2D eigenvalue weighted by Crippen LogP contribution is -2.41. The van der Waals surface area contributed by atoms with Gasteiger partial charge in [-0.1, -0.05) is 6.92 Å². The van der Waals surface area contributed by atoms with Crippen LogP contribution in [0.4, 0.5) is 0 Å². The van der Waals surface area contributed by atoms with E-state index in [1.807, 2.05) is 6.92 Å². The van der Waals surface area contributed by atoms with Gasteiger partial charge >= 0.3 is 0 Å². The van der Waals surface area contributed by atoms with E-state index in [1.165, 1.54) is 0 Å². The summed E-state index contributed by atoms with van der Waals surface area (Å²) in [6.07, 6.45) is 2.77. The van der Waals surface area contributed by atoms with Crippen LogP contribution >= 0.6 is 0 Å². The van der Waals surface area contributed by atoms with Crippen molar-refractivity contribution in [3.05, 3.63) is 0 Å². The van der Waals surface area contributed by atoms with Crippen LogP contribution in [0.1, 0.15) is 33.1 Å². The van der Waals surface area contributed by atoms with Gasteiger partial charge in [0.1, 0.15) is 5.78 Å². The Hall–Kier alpha value is -0.410. The summed E-state index contributed by atoms with van der Waals surface area (Å²) < 4.78 is 5.45. The lowest BCUT2D eigenvalue weighted by atomic mass is 10.1. The zero-order chi connectivity index (χ0) is 10.4. The maximum Gasteiger partial charge on any atom is 0.132 e. The van der Waals surface area contributed by atoms with E-state index in [0.717, 1.165) is 39.1 Å². The fourth-order valence-corrected chi connectivity index (χ4v) is 1.77. The molecule has 0 N–H and O–H groups in total. The Morgan fingerprint density at radius 1 is 1.57 bits per heavy atom. The summed E-state index contributed by atoms with van der Waals surface area (Å²) in [5.41, 5.74) is 0. The fourth-order valence-electron chi connectivity index (χ4n) is 1.77. The summed E-state index contributed by atoms with van der Waals surface area (Å²) >= 11 is 0. The van der Waals surface area contributed by atoms with Crippen molar-refractivity contribution in [1.82, 2.24) is 4.90 Å². The minimum Gasteiger partial charge on any atom is -0.376 e. The van der Waals surface area contributed by atoms with Gasteiger partial charge in [-0.15, -0.1) is 0 Å². The molecular formula is C11H21NO2. The first kappa shape index (κ1) is 11.7. The van der Waals surface area contributed by atoms with Crippen LogP contribution in [0.2, 0.25) is 0 Å². The van der Waals surface area contributed by atoms with E-state index in [9.17, 15) is 4.79 Å². The number of rotatable bonds is 5. The number of ether oxygens (including phenoxy) is 1. The highest BCUT2D eigenvalue weighted by molar-refractivity contribution is 5.77. The normalized spacial score (nSPS) is 23.7. The third kappa shape index (κ3) is 4.20. The molecule has 1 fully saturated rings. The SMILES string of the molecule is CCC(=O)CCCN1CCOC(C)C1. The van der Waals surface area contributed by atoms with Gasteiger partial charge in [-0.2, -0.15) is 0 Å². The van der Waals surface area contributed by atoms with E-state index in [0.29, 0.717) is 18.3 Å². The minimum absolute atomic E-state index is 0.352. The molecule has 0 aromatic heterocycles. The summed E-state index contributed by atoms with van der Waals surface area (Å²) in [6.45, 7) is 7.94. The highest BCUT2D eigenvalue weighted by Crippen LogP contribution is 2.06. The van der Waals surface area contributed by atoms with E-state index in [4.69, 9.17) is 4.74 Å². The van der Waals surface area contributed by atoms with Crippen LogP contribution in [-0.2, 0) is 9.53 Å². The summed E-state index contributed by atoms with van der Waals surface area (Å²) in [5, 5.41) is 0. The maximum absolute atomic E-state index is 11.1. The molecule has 0 bridgehead atoms. The lowest BCUT2D eigenvalue weighted by Gasteiger charge is -2.30. The lowest BCUT2D eigenvalue weighted by molar-refractivity contribution is -0.119. The van der Waals surface area contributed by atoms with Crippen molar-refractivity contribution in [2.24, 2.45) is 0 Å². The molecule has 0 aromatic carbocycles. The van der Waals surface area contributed by atoms with Crippen molar-refractivity contribution in [2.75, 3.05) is 26.2 Å². The Labute approximate surface area is 86.4 Å². The van der Waals surface area contributed by atoms with Crippen LogP contribution in [0, 0.1) is 0 Å². The number of morpholine rings is 1. The molecule has 1 atom stereocenters. The predicted octanol–water partition coefficient (Wildman–Crippen LogP) is 1.47. The van der Waals surface area contributed by atoms with Crippen LogP contribution in [0.5, 0.6) is 0 Å². The molecule has 0 spiro atoms. The third-order valence-corrected chi connectivity index (χ3v) is 2.65. The van der Waals surface area contributed by atoms with Crippen LogP contribution in [0.15, 0.2) is 0 Å². The molecule has 1 aliphatic rings. The Balaban J connectivity index is 2.08. The number of nitrogens with zero attached hydrogens (tertiary/aromatic N) is 1. The number of Topliss-reactive ketones (excluding diaryl/α,β-unsaturated/α-hetero) is 1. The third-order valence-electron chi connectivity index (χ3n) is 2.65. The number of carbonyl (C=O) groups excluding carboxylic acids is 1. The van der Waals surface area contributed by atoms with Gasteiger partial charge in [-0.3, -0.25) is 9.69 Å². The van der Waals surface area contributed by atoms with E-state index in [1.54, 1.807) is 0 Å². The quantitative estimate of drug-likeness (QED) is 0.671. The van der Waals surface area contributed by atoms with E-state index >= 15 is 0 Å². The van der Waals surface area contributed by atoms with Gasteiger partial charge in [0.05, 0.1) is 12.7 Å². The molecule has 0 saturated carbocycles. The molecule has 1 rings (SSSR count). The van der Waals surface area contributed by atoms with Gasteiger partial charge in [-0.25, -0.2) is 0 Å². The Morgan fingerprint density at radius 2 is 2.36 bits per heavy atom. The highest BCUT2D eigenvalue weighted by Gasteiger charge is 2.15. The summed E-state index contributed by atoms with van der Waals surface area (Å²) in [4.78, 5) is 13.5. The van der Waals surface area contributed by atoms with Crippen LogP contribution in [0.25, 0.3) is 0 Å². The van der Waals surface area contributed by atoms with Crippen molar-refractivity contribution < 1.29 is 9.53 Å². The van der Waals surface area contributed by atoms with E-state index < -0.39 is 0 Å². The second-order valence-corrected chi connectivity index (χ2v) is 3.98. The number of hydrogen-bond acceptors (Lipinski definition) is 3. The van der Waals surface area contributed by atoms with Crippen LogP contribution in [0.3, 0.4) is 0 Å². The molecule has 1 heterocycles. The second-order valence-electron chi connectivity index (χ2n) is 3.98. The van der Waals surface area contributed by atoms with Gasteiger partial charge in [-0.05, 0) is 19.9 Å². The summed E-state index contributed by atoms with van der Waals surface area (Å²) in [6, 6.07) is 0. The molecule has 1 saturated heterocycles. The molecule has 0 aromatic rings. The molecule has 1 aliphatic heterocycles. The molecule has 0 aliphatic carbocycles. The molecule has 0 radical (unpaired) electrons. The molecular weight excluding hydrogens is 178 g/mol. The average Bonchev–Trinajstić information content (AvgIpc) is 2.17.